The second-order valence-corrected chi connectivity index (χ2v) is 4.10. The van der Waals surface area contributed by atoms with E-state index in [9.17, 15) is 4.39 Å². The van der Waals surface area contributed by atoms with Gasteiger partial charge in [-0.2, -0.15) is 0 Å². The summed E-state index contributed by atoms with van der Waals surface area (Å²) in [5.41, 5.74) is 1.28. The maximum Gasteiger partial charge on any atom is 0.162 e. The van der Waals surface area contributed by atoms with Crippen molar-refractivity contribution in [3.05, 3.63) is 64.4 Å². The molecule has 3 heteroatoms. The van der Waals surface area contributed by atoms with Gasteiger partial charge >= 0.3 is 0 Å². The first-order valence-electron chi connectivity index (χ1n) is 4.80. The monoisotopic (exact) mass is 277 g/mol. The normalized spacial score (nSPS) is 10.9. The summed E-state index contributed by atoms with van der Waals surface area (Å²) >= 11 is 3.12. The standard InChI is InChI=1S/C13H9BrFN/c14-11-7-4-8-12(13(11)15)16-9-10-5-2-1-3-6-10/h1-9H/b16-9+. The van der Waals surface area contributed by atoms with Crippen LogP contribution in [0.4, 0.5) is 10.1 Å². The fourth-order valence-corrected chi connectivity index (χ4v) is 1.63. The van der Waals surface area contributed by atoms with Crippen molar-refractivity contribution in [3.8, 4) is 0 Å². The lowest BCUT2D eigenvalue weighted by molar-refractivity contribution is 0.623. The second kappa shape index (κ2) is 5.03. The largest absolute Gasteiger partial charge is 0.253 e. The van der Waals surface area contributed by atoms with Crippen LogP contribution in [0.2, 0.25) is 0 Å². The van der Waals surface area contributed by atoms with Crippen LogP contribution in [0.15, 0.2) is 58.0 Å². The minimum atomic E-state index is -0.338. The molecular formula is C13H9BrFN. The third-order valence-corrected chi connectivity index (χ3v) is 2.70. The Morgan fingerprint density at radius 3 is 2.50 bits per heavy atom. The van der Waals surface area contributed by atoms with Crippen LogP contribution in [-0.4, -0.2) is 6.21 Å². The number of hydrogen-bond acceptors (Lipinski definition) is 1. The maximum absolute atomic E-state index is 13.5. The Hall–Kier alpha value is -1.48. The highest BCUT2D eigenvalue weighted by Crippen LogP contribution is 2.24. The molecule has 0 bridgehead atoms. The van der Waals surface area contributed by atoms with Crippen molar-refractivity contribution in [2.75, 3.05) is 0 Å². The number of rotatable bonds is 2. The van der Waals surface area contributed by atoms with Gasteiger partial charge in [0.25, 0.3) is 0 Å². The summed E-state index contributed by atoms with van der Waals surface area (Å²) < 4.78 is 14.0. The predicted octanol–water partition coefficient (Wildman–Crippen LogP) is 4.34. The molecule has 1 nitrogen and oxygen atoms in total. The summed E-state index contributed by atoms with van der Waals surface area (Å²) in [6.07, 6.45) is 1.64. The van der Waals surface area contributed by atoms with E-state index < -0.39 is 0 Å². The van der Waals surface area contributed by atoms with Crippen molar-refractivity contribution in [1.82, 2.24) is 0 Å². The van der Waals surface area contributed by atoms with Crippen LogP contribution in [0.1, 0.15) is 5.56 Å². The summed E-state index contributed by atoms with van der Waals surface area (Å²) in [6, 6.07) is 14.6. The molecule has 0 aromatic heterocycles. The van der Waals surface area contributed by atoms with Crippen LogP contribution < -0.4 is 0 Å². The molecular weight excluding hydrogens is 269 g/mol. The Kier molecular flexibility index (Phi) is 3.47. The van der Waals surface area contributed by atoms with E-state index in [0.717, 1.165) is 5.56 Å². The molecule has 0 fully saturated rings. The van der Waals surface area contributed by atoms with Crippen molar-refractivity contribution in [2.24, 2.45) is 4.99 Å². The van der Waals surface area contributed by atoms with Gasteiger partial charge in [0.1, 0.15) is 0 Å². The van der Waals surface area contributed by atoms with Crippen LogP contribution in [0.5, 0.6) is 0 Å². The number of aliphatic imine (C=N–C) groups is 1. The molecule has 0 atom stereocenters. The van der Waals surface area contributed by atoms with E-state index in [1.807, 2.05) is 30.3 Å². The quantitative estimate of drug-likeness (QED) is 0.725. The first-order chi connectivity index (χ1) is 7.77. The van der Waals surface area contributed by atoms with Gasteiger partial charge in [-0.15, -0.1) is 0 Å². The van der Waals surface area contributed by atoms with Gasteiger partial charge in [0, 0.05) is 6.21 Å². The Bertz CT molecular complexity index is 509. The SMILES string of the molecule is Fc1c(Br)cccc1/N=C/c1ccccc1. The third kappa shape index (κ3) is 2.55. The molecule has 0 unspecified atom stereocenters. The van der Waals surface area contributed by atoms with Gasteiger partial charge in [-0.05, 0) is 33.6 Å². The zero-order chi connectivity index (χ0) is 11.4. The highest BCUT2D eigenvalue weighted by atomic mass is 79.9. The van der Waals surface area contributed by atoms with Gasteiger partial charge in [-0.25, -0.2) is 4.39 Å². The van der Waals surface area contributed by atoms with Gasteiger partial charge in [0.05, 0.1) is 10.2 Å². The lowest BCUT2D eigenvalue weighted by Crippen LogP contribution is -1.81. The van der Waals surface area contributed by atoms with E-state index in [2.05, 4.69) is 20.9 Å². The minimum absolute atomic E-state index is 0.332. The average Bonchev–Trinajstić information content (AvgIpc) is 2.32. The smallest absolute Gasteiger partial charge is 0.162 e. The Morgan fingerprint density at radius 2 is 1.75 bits per heavy atom. The van der Waals surface area contributed by atoms with E-state index in [0.29, 0.717) is 10.2 Å². The van der Waals surface area contributed by atoms with Crippen LogP contribution in [0.25, 0.3) is 0 Å². The molecule has 16 heavy (non-hydrogen) atoms. The van der Waals surface area contributed by atoms with Crippen molar-refractivity contribution in [1.29, 1.82) is 0 Å². The average molecular weight is 278 g/mol. The first kappa shape index (κ1) is 11.0. The molecule has 0 aliphatic heterocycles. The van der Waals surface area contributed by atoms with E-state index in [-0.39, 0.29) is 5.82 Å². The molecule has 0 amide bonds. The highest BCUT2D eigenvalue weighted by Gasteiger charge is 2.02. The lowest BCUT2D eigenvalue weighted by Gasteiger charge is -1.98. The van der Waals surface area contributed by atoms with Crippen molar-refractivity contribution in [3.63, 3.8) is 0 Å². The molecule has 0 spiro atoms. The van der Waals surface area contributed by atoms with Crippen LogP contribution >= 0.6 is 15.9 Å². The molecule has 2 aromatic carbocycles. The molecule has 0 aliphatic carbocycles. The maximum atomic E-state index is 13.5. The van der Waals surface area contributed by atoms with Gasteiger partial charge in [0.15, 0.2) is 5.82 Å². The molecule has 0 saturated heterocycles. The fraction of sp³-hybridized carbons (Fsp3) is 0. The van der Waals surface area contributed by atoms with Crippen molar-refractivity contribution >= 4 is 27.8 Å². The molecule has 2 aromatic rings. The molecule has 80 valence electrons. The number of benzene rings is 2. The van der Waals surface area contributed by atoms with Crippen LogP contribution in [0, 0.1) is 5.82 Å². The zero-order valence-corrected chi connectivity index (χ0v) is 9.99. The minimum Gasteiger partial charge on any atom is -0.253 e. The highest BCUT2D eigenvalue weighted by molar-refractivity contribution is 9.10. The molecule has 0 aliphatic rings. The number of hydrogen-bond donors (Lipinski definition) is 0. The van der Waals surface area contributed by atoms with E-state index in [1.165, 1.54) is 0 Å². The summed E-state index contributed by atoms with van der Waals surface area (Å²) in [7, 11) is 0. The summed E-state index contributed by atoms with van der Waals surface area (Å²) in [5, 5.41) is 0. The van der Waals surface area contributed by atoms with E-state index in [4.69, 9.17) is 0 Å². The lowest BCUT2D eigenvalue weighted by atomic mass is 10.2. The van der Waals surface area contributed by atoms with Gasteiger partial charge in [-0.1, -0.05) is 36.4 Å². The molecule has 0 heterocycles. The number of halogens is 2. The summed E-state index contributed by atoms with van der Waals surface area (Å²) in [4.78, 5) is 4.11. The van der Waals surface area contributed by atoms with Crippen LogP contribution in [-0.2, 0) is 0 Å². The molecule has 0 N–H and O–H groups in total. The Morgan fingerprint density at radius 1 is 1.00 bits per heavy atom. The summed E-state index contributed by atoms with van der Waals surface area (Å²) in [5.74, 6) is -0.338. The van der Waals surface area contributed by atoms with E-state index >= 15 is 0 Å². The van der Waals surface area contributed by atoms with Gasteiger partial charge < -0.3 is 0 Å². The van der Waals surface area contributed by atoms with Gasteiger partial charge in [-0.3, -0.25) is 4.99 Å². The molecule has 2 rings (SSSR count). The topological polar surface area (TPSA) is 12.4 Å². The fourth-order valence-electron chi connectivity index (χ4n) is 1.28. The zero-order valence-electron chi connectivity index (χ0n) is 8.40. The first-order valence-corrected chi connectivity index (χ1v) is 5.60. The third-order valence-electron chi connectivity index (χ3n) is 2.08. The van der Waals surface area contributed by atoms with Crippen molar-refractivity contribution in [2.45, 2.75) is 0 Å². The van der Waals surface area contributed by atoms with Crippen molar-refractivity contribution < 1.29 is 4.39 Å². The predicted molar refractivity (Wildman–Crippen MR) is 67.8 cm³/mol. The van der Waals surface area contributed by atoms with Gasteiger partial charge in [0.2, 0.25) is 0 Å². The Balaban J connectivity index is 2.28. The van der Waals surface area contributed by atoms with E-state index in [1.54, 1.807) is 24.4 Å². The molecule has 0 saturated carbocycles. The number of nitrogens with zero attached hydrogens (tertiary/aromatic N) is 1. The molecule has 0 radical (unpaired) electrons. The van der Waals surface area contributed by atoms with Crippen LogP contribution in [0.3, 0.4) is 0 Å². The Labute approximate surface area is 102 Å². The second-order valence-electron chi connectivity index (χ2n) is 3.24. The summed E-state index contributed by atoms with van der Waals surface area (Å²) in [6.45, 7) is 0.